The molecule has 2 aromatic carbocycles. The van der Waals surface area contributed by atoms with E-state index in [1.54, 1.807) is 18.3 Å². The van der Waals surface area contributed by atoms with Crippen LogP contribution in [0, 0.1) is 0 Å². The molecule has 0 radical (unpaired) electrons. The van der Waals surface area contributed by atoms with Gasteiger partial charge in [0.1, 0.15) is 5.03 Å². The van der Waals surface area contributed by atoms with E-state index in [0.29, 0.717) is 34.0 Å². The number of nitrogens with zero attached hydrogens (tertiary/aromatic N) is 5. The summed E-state index contributed by atoms with van der Waals surface area (Å²) in [7, 11) is 0. The molecule has 0 aliphatic rings. The molecule has 3 heterocycles. The van der Waals surface area contributed by atoms with Crippen LogP contribution in [-0.2, 0) is 17.1 Å². The number of aromatic nitrogens is 5. The van der Waals surface area contributed by atoms with Crippen LogP contribution in [0.25, 0.3) is 22.9 Å². The number of hydrogen-bond acceptors (Lipinski definition) is 10. The van der Waals surface area contributed by atoms with E-state index in [4.69, 9.17) is 13.6 Å². The third kappa shape index (κ3) is 5.02. The highest BCUT2D eigenvalue weighted by Gasteiger charge is 2.18. The van der Waals surface area contributed by atoms with Gasteiger partial charge in [0, 0.05) is 17.3 Å². The molecule has 10 heteroatoms. The van der Waals surface area contributed by atoms with Crippen molar-refractivity contribution < 1.29 is 18.4 Å². The van der Waals surface area contributed by atoms with Crippen molar-refractivity contribution in [2.75, 3.05) is 0 Å². The summed E-state index contributed by atoms with van der Waals surface area (Å²) in [5.41, 5.74) is 1.94. The van der Waals surface area contributed by atoms with E-state index in [-0.39, 0.29) is 12.5 Å². The van der Waals surface area contributed by atoms with Crippen molar-refractivity contribution in [2.45, 2.75) is 17.4 Å². The molecule has 5 aromatic rings. The second kappa shape index (κ2) is 10.1. The lowest BCUT2D eigenvalue weighted by molar-refractivity contribution is 0.0433. The number of pyridine rings is 1. The van der Waals surface area contributed by atoms with Gasteiger partial charge in [-0.05, 0) is 36.4 Å². The van der Waals surface area contributed by atoms with Gasteiger partial charge in [-0.15, -0.1) is 20.4 Å². The number of benzene rings is 2. The zero-order valence-electron chi connectivity index (χ0n) is 17.7. The summed E-state index contributed by atoms with van der Waals surface area (Å²) in [6.45, 7) is -0.151. The molecule has 0 atom stereocenters. The molecule has 0 bridgehead atoms. The maximum Gasteiger partial charge on any atom is 0.341 e. The molecular weight excluding hydrogens is 454 g/mol. The van der Waals surface area contributed by atoms with Crippen molar-refractivity contribution in [2.24, 2.45) is 0 Å². The van der Waals surface area contributed by atoms with Gasteiger partial charge < -0.3 is 13.6 Å². The maximum absolute atomic E-state index is 12.7. The van der Waals surface area contributed by atoms with Crippen LogP contribution in [0.5, 0.6) is 0 Å². The van der Waals surface area contributed by atoms with Crippen LogP contribution >= 0.6 is 11.8 Å². The Morgan fingerprint density at radius 3 is 2.06 bits per heavy atom. The lowest BCUT2D eigenvalue weighted by atomic mass is 10.2. The summed E-state index contributed by atoms with van der Waals surface area (Å²) >= 11 is 1.30. The average molecular weight is 471 g/mol. The molecule has 0 N–H and O–H groups in total. The summed E-state index contributed by atoms with van der Waals surface area (Å²) in [5, 5.41) is 16.6. The molecule has 9 nitrogen and oxygen atoms in total. The molecular formula is C24H17N5O4S. The molecule has 34 heavy (non-hydrogen) atoms. The number of thioether (sulfide) groups is 1. The molecule has 0 unspecified atom stereocenters. The summed E-state index contributed by atoms with van der Waals surface area (Å²) in [6, 6.07) is 22.2. The number of esters is 1. The Morgan fingerprint density at radius 2 is 1.38 bits per heavy atom. The fourth-order valence-electron chi connectivity index (χ4n) is 3.01. The van der Waals surface area contributed by atoms with Gasteiger partial charge in [0.15, 0.2) is 6.61 Å². The van der Waals surface area contributed by atoms with Crippen LogP contribution in [0.4, 0.5) is 0 Å². The fraction of sp³-hybridized carbons (Fsp3) is 0.0833. The monoisotopic (exact) mass is 471 g/mol. The molecule has 0 aliphatic carbocycles. The number of carbonyl (C=O) groups is 1. The van der Waals surface area contributed by atoms with E-state index in [9.17, 15) is 4.79 Å². The zero-order valence-corrected chi connectivity index (χ0v) is 18.5. The van der Waals surface area contributed by atoms with Crippen LogP contribution in [0.15, 0.2) is 92.9 Å². The van der Waals surface area contributed by atoms with E-state index in [1.807, 2.05) is 60.7 Å². The van der Waals surface area contributed by atoms with E-state index in [2.05, 4.69) is 25.4 Å². The van der Waals surface area contributed by atoms with Gasteiger partial charge in [0.2, 0.25) is 17.7 Å². The minimum absolute atomic E-state index is 0.151. The first-order chi connectivity index (χ1) is 16.8. The van der Waals surface area contributed by atoms with Gasteiger partial charge in [-0.1, -0.05) is 48.2 Å². The molecule has 168 valence electrons. The quantitative estimate of drug-likeness (QED) is 0.230. The van der Waals surface area contributed by atoms with Crippen LogP contribution in [0.2, 0.25) is 0 Å². The first-order valence-electron chi connectivity index (χ1n) is 10.3. The number of carbonyl (C=O) groups excluding carboxylic acids is 1. The predicted octanol–water partition coefficient (Wildman–Crippen LogP) is 4.83. The Balaban J connectivity index is 1.21. The van der Waals surface area contributed by atoms with Crippen LogP contribution in [0.1, 0.15) is 22.1 Å². The topological polar surface area (TPSA) is 117 Å². The number of hydrogen-bond donors (Lipinski definition) is 0. The van der Waals surface area contributed by atoms with Crippen LogP contribution in [-0.4, -0.2) is 31.3 Å². The predicted molar refractivity (Wildman–Crippen MR) is 122 cm³/mol. The van der Waals surface area contributed by atoms with E-state index in [1.165, 1.54) is 11.8 Å². The minimum atomic E-state index is -0.550. The molecule has 0 spiro atoms. The molecule has 3 aromatic heterocycles. The van der Waals surface area contributed by atoms with Gasteiger partial charge in [0.25, 0.3) is 5.89 Å². The Labute approximate surface area is 198 Å². The molecule has 0 saturated carbocycles. The Hall–Kier alpha value is -4.31. The van der Waals surface area contributed by atoms with Crippen LogP contribution in [0.3, 0.4) is 0 Å². The highest BCUT2D eigenvalue weighted by molar-refractivity contribution is 7.98. The molecule has 0 fully saturated rings. The first-order valence-corrected chi connectivity index (χ1v) is 11.3. The van der Waals surface area contributed by atoms with Gasteiger partial charge in [-0.2, -0.15) is 0 Å². The highest BCUT2D eigenvalue weighted by Crippen LogP contribution is 2.26. The van der Waals surface area contributed by atoms with Gasteiger partial charge >= 0.3 is 5.97 Å². The molecule has 0 aliphatic heterocycles. The van der Waals surface area contributed by atoms with Crippen molar-refractivity contribution in [1.29, 1.82) is 0 Å². The third-order valence-electron chi connectivity index (χ3n) is 4.63. The highest BCUT2D eigenvalue weighted by atomic mass is 32.2. The lowest BCUT2D eigenvalue weighted by Gasteiger charge is -2.06. The van der Waals surface area contributed by atoms with Crippen molar-refractivity contribution >= 4 is 17.7 Å². The smallest absolute Gasteiger partial charge is 0.341 e. The van der Waals surface area contributed by atoms with Crippen molar-refractivity contribution in [3.05, 3.63) is 96.3 Å². The SMILES string of the molecule is O=C(OCc1nnc(-c2ccccc2)o1)c1cccnc1SCc1nnc(-c2ccccc2)o1. The third-order valence-corrected chi connectivity index (χ3v) is 5.62. The number of rotatable bonds is 8. The van der Waals surface area contributed by atoms with Gasteiger partial charge in [0.05, 0.1) is 11.3 Å². The van der Waals surface area contributed by atoms with E-state index < -0.39 is 5.97 Å². The molecule has 0 amide bonds. The summed E-state index contributed by atoms with van der Waals surface area (Å²) in [6.07, 6.45) is 1.60. The maximum atomic E-state index is 12.7. The van der Waals surface area contributed by atoms with Crippen molar-refractivity contribution in [1.82, 2.24) is 25.4 Å². The standard InChI is InChI=1S/C24H17N5O4S/c30-24(31-14-19-26-28-21(32-19)16-8-3-1-4-9-16)18-12-7-13-25-23(18)34-15-20-27-29-22(33-20)17-10-5-2-6-11-17/h1-13H,14-15H2. The Morgan fingerprint density at radius 1 is 0.765 bits per heavy atom. The fourth-order valence-corrected chi connectivity index (χ4v) is 3.83. The summed E-state index contributed by atoms with van der Waals surface area (Å²) in [5.74, 6) is 1.22. The average Bonchev–Trinajstić information content (AvgIpc) is 3.57. The molecule has 5 rings (SSSR count). The summed E-state index contributed by atoms with van der Waals surface area (Å²) < 4.78 is 16.7. The summed E-state index contributed by atoms with van der Waals surface area (Å²) in [4.78, 5) is 17.0. The second-order valence-electron chi connectivity index (χ2n) is 6.95. The van der Waals surface area contributed by atoms with Crippen LogP contribution < -0.4 is 0 Å². The van der Waals surface area contributed by atoms with E-state index >= 15 is 0 Å². The molecule has 0 saturated heterocycles. The Kier molecular flexibility index (Phi) is 6.39. The van der Waals surface area contributed by atoms with Gasteiger partial charge in [-0.3, -0.25) is 0 Å². The number of ether oxygens (including phenoxy) is 1. The first kappa shape index (κ1) is 21.5. The zero-order chi connectivity index (χ0) is 23.2. The van der Waals surface area contributed by atoms with Crippen molar-refractivity contribution in [3.8, 4) is 22.9 Å². The minimum Gasteiger partial charge on any atom is -0.452 e. The van der Waals surface area contributed by atoms with Gasteiger partial charge in [-0.25, -0.2) is 9.78 Å². The van der Waals surface area contributed by atoms with E-state index in [0.717, 1.165) is 11.1 Å². The normalized spacial score (nSPS) is 10.8. The van der Waals surface area contributed by atoms with Crippen molar-refractivity contribution in [3.63, 3.8) is 0 Å². The Bertz CT molecular complexity index is 1390. The largest absolute Gasteiger partial charge is 0.452 e. The lowest BCUT2D eigenvalue weighted by Crippen LogP contribution is -2.08. The second-order valence-corrected chi connectivity index (χ2v) is 7.92.